The SMILES string of the molecule is Cn1c(=O)n(Cc2ccc(Cl)cc2C#N)c2c(N3CCCC(NC(=O)OC(C)(C)C)C3)ccnc21. The molecule has 10 heteroatoms. The number of aromatic nitrogens is 3. The number of imidazole rings is 1. The van der Waals surface area contributed by atoms with Crippen LogP contribution in [0.2, 0.25) is 5.02 Å². The molecule has 0 aliphatic carbocycles. The third-order valence-electron chi connectivity index (χ3n) is 5.99. The van der Waals surface area contributed by atoms with Crippen LogP contribution in [-0.4, -0.2) is 44.9 Å². The highest BCUT2D eigenvalue weighted by molar-refractivity contribution is 6.30. The lowest BCUT2D eigenvalue weighted by Gasteiger charge is -2.35. The van der Waals surface area contributed by atoms with Crippen LogP contribution in [0.1, 0.15) is 44.7 Å². The summed E-state index contributed by atoms with van der Waals surface area (Å²) in [4.78, 5) is 32.2. The number of carbonyl (C=O) groups is 1. The van der Waals surface area contributed by atoms with Crippen LogP contribution in [0.15, 0.2) is 35.3 Å². The van der Waals surface area contributed by atoms with Gasteiger partial charge in [0.1, 0.15) is 11.1 Å². The molecule has 1 aromatic carbocycles. The van der Waals surface area contributed by atoms with E-state index in [0.717, 1.165) is 25.1 Å². The van der Waals surface area contributed by atoms with Crippen molar-refractivity contribution in [2.75, 3.05) is 18.0 Å². The molecule has 4 rings (SSSR count). The molecule has 0 radical (unpaired) electrons. The Morgan fingerprint density at radius 3 is 2.83 bits per heavy atom. The van der Waals surface area contributed by atoms with Crippen molar-refractivity contribution in [3.05, 3.63) is 57.1 Å². The zero-order chi connectivity index (χ0) is 25.3. The molecule has 9 nitrogen and oxygen atoms in total. The highest BCUT2D eigenvalue weighted by Crippen LogP contribution is 2.28. The molecule has 35 heavy (non-hydrogen) atoms. The predicted molar refractivity (Wildman–Crippen MR) is 135 cm³/mol. The molecule has 1 saturated heterocycles. The molecule has 2 aromatic heterocycles. The van der Waals surface area contributed by atoms with Gasteiger partial charge in [0, 0.05) is 37.4 Å². The summed E-state index contributed by atoms with van der Waals surface area (Å²) in [6.07, 6.45) is 2.96. The summed E-state index contributed by atoms with van der Waals surface area (Å²) < 4.78 is 8.58. The number of halogens is 1. The Bertz CT molecular complexity index is 1360. The Balaban J connectivity index is 1.69. The van der Waals surface area contributed by atoms with Gasteiger partial charge in [-0.3, -0.25) is 9.13 Å². The molecule has 1 aliphatic heterocycles. The van der Waals surface area contributed by atoms with Crippen molar-refractivity contribution >= 4 is 34.5 Å². The number of aryl methyl sites for hydroxylation is 1. The molecule has 184 valence electrons. The van der Waals surface area contributed by atoms with E-state index in [2.05, 4.69) is 21.3 Å². The number of nitriles is 1. The molecule has 1 amide bonds. The monoisotopic (exact) mass is 496 g/mol. The molecule has 0 bridgehead atoms. The standard InChI is InChI=1S/C25H29ClN6O3/c1-25(2,3)35-23(33)29-19-6-5-11-31(15-19)20-9-10-28-22-21(20)32(24(34)30(22)4)14-16-7-8-18(26)12-17(16)13-27/h7-10,12,19H,5-6,11,14-15H2,1-4H3,(H,29,33). The van der Waals surface area contributed by atoms with Crippen LogP contribution < -0.4 is 15.9 Å². The van der Waals surface area contributed by atoms with Crippen molar-refractivity contribution in [3.63, 3.8) is 0 Å². The number of ether oxygens (including phenoxy) is 1. The molecule has 1 unspecified atom stereocenters. The van der Waals surface area contributed by atoms with Gasteiger partial charge in [-0.25, -0.2) is 14.6 Å². The lowest BCUT2D eigenvalue weighted by atomic mass is 10.0. The first kappa shape index (κ1) is 24.6. The largest absolute Gasteiger partial charge is 0.444 e. The summed E-state index contributed by atoms with van der Waals surface area (Å²) in [6, 6.07) is 9.05. The second-order valence-electron chi connectivity index (χ2n) is 9.77. The Morgan fingerprint density at radius 1 is 1.34 bits per heavy atom. The van der Waals surface area contributed by atoms with E-state index < -0.39 is 11.7 Å². The fraction of sp³-hybridized carbons (Fsp3) is 0.440. The van der Waals surface area contributed by atoms with Crippen LogP contribution >= 0.6 is 11.6 Å². The van der Waals surface area contributed by atoms with Crippen LogP contribution in [-0.2, 0) is 18.3 Å². The topological polar surface area (TPSA) is 105 Å². The number of benzene rings is 1. The lowest BCUT2D eigenvalue weighted by Crippen LogP contribution is -2.49. The van der Waals surface area contributed by atoms with Crippen molar-refractivity contribution in [2.24, 2.45) is 7.05 Å². The minimum absolute atomic E-state index is 0.0906. The summed E-state index contributed by atoms with van der Waals surface area (Å²) in [5.41, 5.74) is 2.43. The van der Waals surface area contributed by atoms with Gasteiger partial charge in [0.2, 0.25) is 0 Å². The molecule has 1 atom stereocenters. The van der Waals surface area contributed by atoms with Gasteiger partial charge in [0.05, 0.1) is 23.9 Å². The molecule has 1 fully saturated rings. The predicted octanol–water partition coefficient (Wildman–Crippen LogP) is 3.80. The van der Waals surface area contributed by atoms with Crippen LogP contribution in [0.4, 0.5) is 10.5 Å². The summed E-state index contributed by atoms with van der Waals surface area (Å²) in [6.45, 7) is 7.06. The number of amides is 1. The van der Waals surface area contributed by atoms with Gasteiger partial charge in [-0.15, -0.1) is 0 Å². The Morgan fingerprint density at radius 2 is 2.11 bits per heavy atom. The molecule has 0 spiro atoms. The average Bonchev–Trinajstić information content (AvgIpc) is 3.04. The number of hydrogen-bond acceptors (Lipinski definition) is 6. The van der Waals surface area contributed by atoms with E-state index in [0.29, 0.717) is 33.9 Å². The maximum Gasteiger partial charge on any atom is 0.407 e. The molecule has 3 heterocycles. The Labute approximate surface area is 208 Å². The first-order valence-corrected chi connectivity index (χ1v) is 11.9. The van der Waals surface area contributed by atoms with E-state index in [1.165, 1.54) is 4.57 Å². The number of piperidine rings is 1. The van der Waals surface area contributed by atoms with Crippen molar-refractivity contribution in [1.29, 1.82) is 5.26 Å². The number of anilines is 1. The second kappa shape index (κ2) is 9.62. The van der Waals surface area contributed by atoms with Gasteiger partial charge in [-0.1, -0.05) is 17.7 Å². The molecule has 3 aromatic rings. The first-order chi connectivity index (χ1) is 16.6. The maximum absolute atomic E-state index is 13.2. The van der Waals surface area contributed by atoms with Gasteiger partial charge >= 0.3 is 11.8 Å². The third kappa shape index (κ3) is 5.28. The molecular formula is C25H29ClN6O3. The summed E-state index contributed by atoms with van der Waals surface area (Å²) in [7, 11) is 1.69. The highest BCUT2D eigenvalue weighted by Gasteiger charge is 2.27. The normalized spacial score (nSPS) is 16.2. The van der Waals surface area contributed by atoms with Gasteiger partial charge < -0.3 is 15.0 Å². The minimum atomic E-state index is -0.570. The highest BCUT2D eigenvalue weighted by atomic mass is 35.5. The third-order valence-corrected chi connectivity index (χ3v) is 6.23. The van der Waals surface area contributed by atoms with E-state index in [-0.39, 0.29) is 18.3 Å². The average molecular weight is 497 g/mol. The maximum atomic E-state index is 13.2. The van der Waals surface area contributed by atoms with Crippen LogP contribution in [0.25, 0.3) is 11.2 Å². The number of nitrogens with one attached hydrogen (secondary N) is 1. The quantitative estimate of drug-likeness (QED) is 0.589. The fourth-order valence-corrected chi connectivity index (χ4v) is 4.63. The van der Waals surface area contributed by atoms with Gasteiger partial charge in [-0.05, 0) is 57.4 Å². The summed E-state index contributed by atoms with van der Waals surface area (Å²) in [5, 5.41) is 13.0. The van der Waals surface area contributed by atoms with Crippen LogP contribution in [0.3, 0.4) is 0 Å². The second-order valence-corrected chi connectivity index (χ2v) is 10.2. The van der Waals surface area contributed by atoms with E-state index in [4.69, 9.17) is 16.3 Å². The van der Waals surface area contributed by atoms with Crippen molar-refractivity contribution < 1.29 is 9.53 Å². The molecular weight excluding hydrogens is 468 g/mol. The molecule has 1 aliphatic rings. The van der Waals surface area contributed by atoms with E-state index in [1.807, 2.05) is 26.8 Å². The van der Waals surface area contributed by atoms with Gasteiger partial charge in [0.15, 0.2) is 5.65 Å². The number of alkyl carbamates (subject to hydrolysis) is 1. The molecule has 1 N–H and O–H groups in total. The van der Waals surface area contributed by atoms with E-state index in [1.54, 1.807) is 36.0 Å². The van der Waals surface area contributed by atoms with E-state index in [9.17, 15) is 14.9 Å². The number of pyridine rings is 1. The van der Waals surface area contributed by atoms with Gasteiger partial charge in [0.25, 0.3) is 0 Å². The van der Waals surface area contributed by atoms with Crippen molar-refractivity contribution in [3.8, 4) is 6.07 Å². The van der Waals surface area contributed by atoms with Crippen LogP contribution in [0, 0.1) is 11.3 Å². The number of nitrogens with zero attached hydrogens (tertiary/aromatic N) is 5. The molecule has 0 saturated carbocycles. The number of hydrogen-bond donors (Lipinski definition) is 1. The fourth-order valence-electron chi connectivity index (χ4n) is 4.46. The zero-order valence-corrected chi connectivity index (χ0v) is 21.1. The smallest absolute Gasteiger partial charge is 0.407 e. The van der Waals surface area contributed by atoms with Crippen molar-refractivity contribution in [2.45, 2.75) is 51.8 Å². The van der Waals surface area contributed by atoms with Crippen LogP contribution in [0.5, 0.6) is 0 Å². The van der Waals surface area contributed by atoms with E-state index >= 15 is 0 Å². The zero-order valence-electron chi connectivity index (χ0n) is 20.3. The van der Waals surface area contributed by atoms with Gasteiger partial charge in [-0.2, -0.15) is 5.26 Å². The Kier molecular flexibility index (Phi) is 6.77. The first-order valence-electron chi connectivity index (χ1n) is 11.5. The minimum Gasteiger partial charge on any atom is -0.444 e. The number of rotatable bonds is 4. The Hall–Kier alpha value is -3.51. The lowest BCUT2D eigenvalue weighted by molar-refractivity contribution is 0.0500. The summed E-state index contributed by atoms with van der Waals surface area (Å²) in [5.74, 6) is 0. The number of fused-ring (bicyclic) bond motifs is 1. The summed E-state index contributed by atoms with van der Waals surface area (Å²) >= 11 is 6.06. The van der Waals surface area contributed by atoms with Crippen molar-refractivity contribution in [1.82, 2.24) is 19.4 Å². The number of carbonyl (C=O) groups excluding carboxylic acids is 1.